The molecule has 0 saturated carbocycles. The summed E-state index contributed by atoms with van der Waals surface area (Å²) in [4.78, 5) is 0. The Hall–Kier alpha value is -1.68. The van der Waals surface area contributed by atoms with Crippen LogP contribution in [0.2, 0.25) is 0 Å². The standard InChI is InChI=1S/C11H11FN2O/c1-14-7-9(6-13-14)11(15)8-3-2-4-10(12)5-8/h2-7,11,15H,1H3. The van der Waals surface area contributed by atoms with Crippen LogP contribution in [0.4, 0.5) is 4.39 Å². The van der Waals surface area contributed by atoms with E-state index in [1.54, 1.807) is 36.3 Å². The molecule has 1 N–H and O–H groups in total. The van der Waals surface area contributed by atoms with Gasteiger partial charge in [-0.25, -0.2) is 4.39 Å². The molecular weight excluding hydrogens is 195 g/mol. The van der Waals surface area contributed by atoms with Crippen molar-refractivity contribution in [2.24, 2.45) is 7.05 Å². The van der Waals surface area contributed by atoms with Crippen molar-refractivity contribution in [1.29, 1.82) is 0 Å². The van der Waals surface area contributed by atoms with E-state index in [0.29, 0.717) is 11.1 Å². The lowest BCUT2D eigenvalue weighted by Crippen LogP contribution is -1.98. The van der Waals surface area contributed by atoms with Gasteiger partial charge in [0.2, 0.25) is 0 Å². The van der Waals surface area contributed by atoms with Crippen LogP contribution >= 0.6 is 0 Å². The van der Waals surface area contributed by atoms with Crippen LogP contribution in [0, 0.1) is 5.82 Å². The third-order valence-electron chi connectivity index (χ3n) is 2.20. The molecule has 1 aromatic carbocycles. The third kappa shape index (κ3) is 2.05. The highest BCUT2D eigenvalue weighted by Crippen LogP contribution is 2.21. The Labute approximate surface area is 86.8 Å². The molecule has 0 amide bonds. The first kappa shape index (κ1) is 9.86. The van der Waals surface area contributed by atoms with Crippen molar-refractivity contribution in [2.45, 2.75) is 6.10 Å². The number of aryl methyl sites for hydroxylation is 1. The van der Waals surface area contributed by atoms with Gasteiger partial charge in [-0.3, -0.25) is 4.68 Å². The molecule has 15 heavy (non-hydrogen) atoms. The molecule has 2 aromatic rings. The molecule has 1 aromatic heterocycles. The molecule has 0 radical (unpaired) electrons. The van der Waals surface area contributed by atoms with E-state index >= 15 is 0 Å². The topological polar surface area (TPSA) is 38.0 Å². The highest BCUT2D eigenvalue weighted by atomic mass is 19.1. The minimum Gasteiger partial charge on any atom is -0.384 e. The lowest BCUT2D eigenvalue weighted by molar-refractivity contribution is 0.219. The molecule has 0 saturated heterocycles. The molecule has 3 nitrogen and oxygen atoms in total. The van der Waals surface area contributed by atoms with E-state index in [-0.39, 0.29) is 5.82 Å². The van der Waals surface area contributed by atoms with Gasteiger partial charge in [0.15, 0.2) is 0 Å². The van der Waals surface area contributed by atoms with E-state index in [0.717, 1.165) is 0 Å². The Balaban J connectivity index is 2.32. The monoisotopic (exact) mass is 206 g/mol. The zero-order valence-corrected chi connectivity index (χ0v) is 8.26. The molecule has 0 aliphatic heterocycles. The van der Waals surface area contributed by atoms with E-state index < -0.39 is 6.10 Å². The predicted octanol–water partition coefficient (Wildman–Crippen LogP) is 1.64. The van der Waals surface area contributed by atoms with Gasteiger partial charge in [0, 0.05) is 18.8 Å². The van der Waals surface area contributed by atoms with Crippen molar-refractivity contribution in [3.63, 3.8) is 0 Å². The summed E-state index contributed by atoms with van der Waals surface area (Å²) in [6.07, 6.45) is 2.44. The van der Waals surface area contributed by atoms with Crippen molar-refractivity contribution in [2.75, 3.05) is 0 Å². The lowest BCUT2D eigenvalue weighted by atomic mass is 10.1. The summed E-state index contributed by atoms with van der Waals surface area (Å²) in [6, 6.07) is 5.92. The average Bonchev–Trinajstić information content (AvgIpc) is 2.64. The zero-order chi connectivity index (χ0) is 10.8. The van der Waals surface area contributed by atoms with Gasteiger partial charge in [-0.05, 0) is 17.7 Å². The van der Waals surface area contributed by atoms with Gasteiger partial charge in [-0.1, -0.05) is 12.1 Å². The molecule has 1 heterocycles. The fraction of sp³-hybridized carbons (Fsp3) is 0.182. The van der Waals surface area contributed by atoms with Gasteiger partial charge < -0.3 is 5.11 Å². The molecule has 0 spiro atoms. The van der Waals surface area contributed by atoms with Crippen LogP contribution in [0.25, 0.3) is 0 Å². The highest BCUT2D eigenvalue weighted by Gasteiger charge is 2.12. The van der Waals surface area contributed by atoms with Crippen LogP contribution in [0.15, 0.2) is 36.7 Å². The highest BCUT2D eigenvalue weighted by molar-refractivity contribution is 5.27. The normalized spacial score (nSPS) is 12.7. The number of aliphatic hydroxyl groups excluding tert-OH is 1. The van der Waals surface area contributed by atoms with Crippen LogP contribution < -0.4 is 0 Å². The first-order chi connectivity index (χ1) is 7.16. The Morgan fingerprint density at radius 3 is 2.80 bits per heavy atom. The number of nitrogens with zero attached hydrogens (tertiary/aromatic N) is 2. The van der Waals surface area contributed by atoms with Crippen molar-refractivity contribution in [3.8, 4) is 0 Å². The molecule has 0 aliphatic rings. The molecule has 1 unspecified atom stereocenters. The van der Waals surface area contributed by atoms with Gasteiger partial charge in [0.05, 0.1) is 6.20 Å². The largest absolute Gasteiger partial charge is 0.384 e. The summed E-state index contributed by atoms with van der Waals surface area (Å²) >= 11 is 0. The van der Waals surface area contributed by atoms with E-state index in [1.165, 1.54) is 12.1 Å². The fourth-order valence-electron chi connectivity index (χ4n) is 1.45. The minimum absolute atomic E-state index is 0.351. The lowest BCUT2D eigenvalue weighted by Gasteiger charge is -2.08. The van der Waals surface area contributed by atoms with Crippen molar-refractivity contribution in [3.05, 3.63) is 53.6 Å². The van der Waals surface area contributed by atoms with Gasteiger partial charge in [0.25, 0.3) is 0 Å². The van der Waals surface area contributed by atoms with Crippen molar-refractivity contribution >= 4 is 0 Å². The number of hydrogen-bond donors (Lipinski definition) is 1. The molecule has 1 atom stereocenters. The van der Waals surface area contributed by atoms with Gasteiger partial charge in [-0.2, -0.15) is 5.10 Å². The van der Waals surface area contributed by atoms with Crippen LogP contribution in [-0.4, -0.2) is 14.9 Å². The Morgan fingerprint density at radius 2 is 2.20 bits per heavy atom. The van der Waals surface area contributed by atoms with Crippen LogP contribution in [0.5, 0.6) is 0 Å². The van der Waals surface area contributed by atoms with Crippen molar-refractivity contribution < 1.29 is 9.50 Å². The van der Waals surface area contributed by atoms with Crippen LogP contribution in [0.1, 0.15) is 17.2 Å². The SMILES string of the molecule is Cn1cc(C(O)c2cccc(F)c2)cn1. The molecule has 0 aliphatic carbocycles. The number of aliphatic hydroxyl groups is 1. The second-order valence-corrected chi connectivity index (χ2v) is 3.40. The molecule has 78 valence electrons. The van der Waals surface area contributed by atoms with Crippen molar-refractivity contribution in [1.82, 2.24) is 9.78 Å². The van der Waals surface area contributed by atoms with E-state index in [2.05, 4.69) is 5.10 Å². The summed E-state index contributed by atoms with van der Waals surface area (Å²) in [5, 5.41) is 13.9. The third-order valence-corrected chi connectivity index (χ3v) is 2.20. The Bertz CT molecular complexity index is 467. The number of aromatic nitrogens is 2. The summed E-state index contributed by atoms with van der Waals surface area (Å²) in [5.41, 5.74) is 1.19. The number of rotatable bonds is 2. The number of hydrogen-bond acceptors (Lipinski definition) is 2. The first-order valence-electron chi connectivity index (χ1n) is 4.59. The smallest absolute Gasteiger partial charge is 0.123 e. The van der Waals surface area contributed by atoms with Crippen LogP contribution in [-0.2, 0) is 7.05 Å². The predicted molar refractivity (Wildman–Crippen MR) is 53.7 cm³/mol. The molecule has 0 fully saturated rings. The van der Waals surface area contributed by atoms with Gasteiger partial charge >= 0.3 is 0 Å². The minimum atomic E-state index is -0.825. The number of benzene rings is 1. The molecule has 0 bridgehead atoms. The maximum Gasteiger partial charge on any atom is 0.123 e. The maximum atomic E-state index is 12.9. The average molecular weight is 206 g/mol. The molecule has 2 rings (SSSR count). The quantitative estimate of drug-likeness (QED) is 0.811. The Morgan fingerprint density at radius 1 is 1.40 bits per heavy atom. The van der Waals surface area contributed by atoms with Gasteiger partial charge in [-0.15, -0.1) is 0 Å². The maximum absolute atomic E-state index is 12.9. The second-order valence-electron chi connectivity index (χ2n) is 3.40. The summed E-state index contributed by atoms with van der Waals surface area (Å²) in [5.74, 6) is -0.351. The summed E-state index contributed by atoms with van der Waals surface area (Å²) < 4.78 is 14.5. The summed E-state index contributed by atoms with van der Waals surface area (Å²) in [7, 11) is 1.77. The second kappa shape index (κ2) is 3.82. The first-order valence-corrected chi connectivity index (χ1v) is 4.59. The van der Waals surface area contributed by atoms with E-state index in [1.807, 2.05) is 0 Å². The zero-order valence-electron chi connectivity index (χ0n) is 8.26. The molecule has 4 heteroatoms. The Kier molecular flexibility index (Phi) is 2.51. The van der Waals surface area contributed by atoms with Gasteiger partial charge in [0.1, 0.15) is 11.9 Å². The van der Waals surface area contributed by atoms with E-state index in [4.69, 9.17) is 0 Å². The summed E-state index contributed by atoms with van der Waals surface area (Å²) in [6.45, 7) is 0. The molecular formula is C11H11FN2O. The van der Waals surface area contributed by atoms with E-state index in [9.17, 15) is 9.50 Å². The van der Waals surface area contributed by atoms with Crippen LogP contribution in [0.3, 0.4) is 0 Å². The number of halogens is 1. The fourth-order valence-corrected chi connectivity index (χ4v) is 1.45.